The van der Waals surface area contributed by atoms with Crippen molar-refractivity contribution in [3.8, 4) is 23.1 Å². The lowest BCUT2D eigenvalue weighted by atomic mass is 10.1. The topological polar surface area (TPSA) is 133 Å². The minimum atomic E-state index is -0.774. The molecule has 11 nitrogen and oxygen atoms in total. The zero-order valence-electron chi connectivity index (χ0n) is 21.3. The molecule has 196 valence electrons. The van der Waals surface area contributed by atoms with E-state index in [9.17, 15) is 14.8 Å². The highest BCUT2D eigenvalue weighted by molar-refractivity contribution is 5.79. The number of nitriles is 1. The molecule has 6 rings (SSSR count). The molecule has 12 heteroatoms. The highest BCUT2D eigenvalue weighted by Gasteiger charge is 2.26. The molecular weight excluding hydrogens is 499 g/mol. The molecule has 0 radical (unpaired) electrons. The normalized spacial score (nSPS) is 14.7. The lowest BCUT2D eigenvalue weighted by Gasteiger charge is -2.33. The Bertz CT molecular complexity index is 1700. The van der Waals surface area contributed by atoms with Crippen LogP contribution in [0.4, 0.5) is 15.9 Å². The number of hydrogen-bond donors (Lipinski definition) is 2. The van der Waals surface area contributed by atoms with E-state index in [-0.39, 0.29) is 5.69 Å². The SMILES string of the molecule is Cc1cc(C#N)nn1-c1nc(-c2cnn3cc(Nc4ccc(CN5CC(F)C5)nn4)ccc23)ccc1C(C)O. The first-order valence-corrected chi connectivity index (χ1v) is 12.5. The minimum absolute atomic E-state index is 0.276. The van der Waals surface area contributed by atoms with Gasteiger partial charge in [-0.1, -0.05) is 6.07 Å². The molecule has 1 aliphatic heterocycles. The van der Waals surface area contributed by atoms with Crippen molar-refractivity contribution in [2.45, 2.75) is 32.7 Å². The Balaban J connectivity index is 1.26. The highest BCUT2D eigenvalue weighted by Crippen LogP contribution is 2.29. The van der Waals surface area contributed by atoms with Crippen molar-refractivity contribution in [3.63, 3.8) is 0 Å². The number of nitrogens with one attached hydrogen (secondary N) is 1. The number of halogens is 1. The quantitative estimate of drug-likeness (QED) is 0.328. The van der Waals surface area contributed by atoms with Crippen LogP contribution in [0.3, 0.4) is 0 Å². The van der Waals surface area contributed by atoms with E-state index in [2.05, 4.69) is 25.7 Å². The average Bonchev–Trinajstić information content (AvgIpc) is 3.51. The Hall–Kier alpha value is -4.73. The number of likely N-dealkylation sites (tertiary alicyclic amines) is 1. The lowest BCUT2D eigenvalue weighted by Crippen LogP contribution is -2.47. The van der Waals surface area contributed by atoms with Crippen molar-refractivity contribution in [1.29, 1.82) is 5.26 Å². The van der Waals surface area contributed by atoms with E-state index in [0.29, 0.717) is 42.5 Å². The van der Waals surface area contributed by atoms with E-state index >= 15 is 0 Å². The zero-order valence-corrected chi connectivity index (χ0v) is 21.3. The third-order valence-corrected chi connectivity index (χ3v) is 6.64. The van der Waals surface area contributed by atoms with Gasteiger partial charge >= 0.3 is 0 Å². The Morgan fingerprint density at radius 2 is 2.03 bits per heavy atom. The third-order valence-electron chi connectivity index (χ3n) is 6.64. The van der Waals surface area contributed by atoms with E-state index in [1.54, 1.807) is 28.4 Å². The van der Waals surface area contributed by atoms with Crippen LogP contribution in [0.1, 0.15) is 35.7 Å². The smallest absolute Gasteiger partial charge is 0.163 e. The van der Waals surface area contributed by atoms with Crippen LogP contribution in [0, 0.1) is 18.3 Å². The summed E-state index contributed by atoms with van der Waals surface area (Å²) in [7, 11) is 0. The van der Waals surface area contributed by atoms with Crippen LogP contribution in [0.5, 0.6) is 0 Å². The van der Waals surface area contributed by atoms with Gasteiger partial charge in [0.25, 0.3) is 0 Å². The van der Waals surface area contributed by atoms with Crippen molar-refractivity contribution < 1.29 is 9.50 Å². The molecule has 0 aromatic carbocycles. The first-order chi connectivity index (χ1) is 18.9. The first kappa shape index (κ1) is 24.6. The molecule has 1 aliphatic rings. The zero-order chi connectivity index (χ0) is 27.1. The van der Waals surface area contributed by atoms with Gasteiger partial charge in [0.2, 0.25) is 0 Å². The Kier molecular flexibility index (Phi) is 6.22. The van der Waals surface area contributed by atoms with Crippen LogP contribution in [0.25, 0.3) is 22.6 Å². The first-order valence-electron chi connectivity index (χ1n) is 12.5. The van der Waals surface area contributed by atoms with Crippen LogP contribution in [-0.4, -0.2) is 63.8 Å². The molecule has 39 heavy (non-hydrogen) atoms. The van der Waals surface area contributed by atoms with Crippen molar-refractivity contribution in [2.75, 3.05) is 18.4 Å². The summed E-state index contributed by atoms with van der Waals surface area (Å²) in [5.41, 5.74) is 5.47. The predicted molar refractivity (Wildman–Crippen MR) is 141 cm³/mol. The number of hydrogen-bond acceptors (Lipinski definition) is 9. The van der Waals surface area contributed by atoms with E-state index < -0.39 is 12.3 Å². The highest BCUT2D eigenvalue weighted by atomic mass is 19.1. The third kappa shape index (κ3) is 4.81. The van der Waals surface area contributed by atoms with Crippen LogP contribution >= 0.6 is 0 Å². The van der Waals surface area contributed by atoms with E-state index in [4.69, 9.17) is 4.98 Å². The number of aliphatic hydroxyl groups excluding tert-OH is 1. The molecule has 1 saturated heterocycles. The number of alkyl halides is 1. The summed E-state index contributed by atoms with van der Waals surface area (Å²) in [5.74, 6) is 1.04. The van der Waals surface area contributed by atoms with Gasteiger partial charge in [0.15, 0.2) is 17.3 Å². The van der Waals surface area contributed by atoms with Gasteiger partial charge in [0.1, 0.15) is 12.2 Å². The maximum absolute atomic E-state index is 13.0. The number of aromatic nitrogens is 7. The summed E-state index contributed by atoms with van der Waals surface area (Å²) >= 11 is 0. The summed E-state index contributed by atoms with van der Waals surface area (Å²) in [5, 5.41) is 40.2. The van der Waals surface area contributed by atoms with Gasteiger partial charge in [-0.25, -0.2) is 18.6 Å². The standard InChI is InChI=1S/C27H25FN10O/c1-16-9-21(10-29)35-38(16)27-22(17(2)39)5-6-24(32-27)23-11-30-37-15-19(3-7-25(23)37)31-26-8-4-20(33-34-26)14-36-12-18(28)13-36/h3-9,11,15,17-18,39H,12-14H2,1-2H3,(H,31,34). The fourth-order valence-electron chi connectivity index (χ4n) is 4.63. The van der Waals surface area contributed by atoms with Gasteiger partial charge in [-0.2, -0.15) is 20.6 Å². The predicted octanol–water partition coefficient (Wildman–Crippen LogP) is 3.50. The number of aryl methyl sites for hydroxylation is 1. The van der Waals surface area contributed by atoms with Crippen LogP contribution < -0.4 is 5.32 Å². The van der Waals surface area contributed by atoms with Gasteiger partial charge in [0, 0.05) is 36.5 Å². The Morgan fingerprint density at radius 3 is 2.72 bits per heavy atom. The van der Waals surface area contributed by atoms with Gasteiger partial charge in [-0.05, 0) is 50.2 Å². The summed E-state index contributed by atoms with van der Waals surface area (Å²) in [6, 6.07) is 14.9. The van der Waals surface area contributed by atoms with Crippen LogP contribution in [-0.2, 0) is 6.54 Å². The number of aliphatic hydroxyl groups is 1. The molecule has 1 unspecified atom stereocenters. The lowest BCUT2D eigenvalue weighted by molar-refractivity contribution is 0.0578. The molecule has 0 spiro atoms. The summed E-state index contributed by atoms with van der Waals surface area (Å²) in [6.07, 6.45) is 2.06. The van der Waals surface area contributed by atoms with Gasteiger partial charge in [0.05, 0.1) is 41.1 Å². The number of anilines is 2. The maximum atomic E-state index is 13.0. The molecule has 6 heterocycles. The number of nitrogens with zero attached hydrogens (tertiary/aromatic N) is 9. The van der Waals surface area contributed by atoms with E-state index in [0.717, 1.165) is 28.2 Å². The average molecular weight is 525 g/mol. The fourth-order valence-corrected chi connectivity index (χ4v) is 4.63. The molecule has 0 amide bonds. The van der Waals surface area contributed by atoms with Crippen molar-refractivity contribution in [1.82, 2.24) is 39.5 Å². The molecule has 2 N–H and O–H groups in total. The summed E-state index contributed by atoms with van der Waals surface area (Å²) in [6.45, 7) is 4.98. The summed E-state index contributed by atoms with van der Waals surface area (Å²) in [4.78, 5) is 6.80. The number of fused-ring (bicyclic) bond motifs is 1. The van der Waals surface area contributed by atoms with Gasteiger partial charge in [-0.3, -0.25) is 4.90 Å². The van der Waals surface area contributed by atoms with Gasteiger partial charge < -0.3 is 10.4 Å². The number of pyridine rings is 2. The van der Waals surface area contributed by atoms with Crippen molar-refractivity contribution in [3.05, 3.63) is 77.5 Å². The summed E-state index contributed by atoms with van der Waals surface area (Å²) < 4.78 is 16.3. The molecule has 0 aliphatic carbocycles. The second-order valence-corrected chi connectivity index (χ2v) is 9.61. The molecular formula is C27H25FN10O. The van der Waals surface area contributed by atoms with Crippen molar-refractivity contribution in [2.24, 2.45) is 0 Å². The second-order valence-electron chi connectivity index (χ2n) is 9.61. The Morgan fingerprint density at radius 1 is 1.18 bits per heavy atom. The molecule has 5 aromatic heterocycles. The van der Waals surface area contributed by atoms with Crippen LogP contribution in [0.2, 0.25) is 0 Å². The molecule has 1 fully saturated rings. The minimum Gasteiger partial charge on any atom is -0.389 e. The van der Waals surface area contributed by atoms with Crippen molar-refractivity contribution >= 4 is 17.0 Å². The molecule has 5 aromatic rings. The molecule has 0 saturated carbocycles. The maximum Gasteiger partial charge on any atom is 0.163 e. The second kappa shape index (κ2) is 9.86. The molecule has 1 atom stereocenters. The number of rotatable bonds is 7. The van der Waals surface area contributed by atoms with E-state index in [1.807, 2.05) is 60.5 Å². The van der Waals surface area contributed by atoms with Gasteiger partial charge in [-0.15, -0.1) is 5.10 Å². The Labute approximate surface area is 223 Å². The monoisotopic (exact) mass is 524 g/mol. The van der Waals surface area contributed by atoms with Crippen LogP contribution in [0.15, 0.2) is 54.9 Å². The molecule has 0 bridgehead atoms. The largest absolute Gasteiger partial charge is 0.389 e. The fraction of sp³-hybridized carbons (Fsp3) is 0.259. The van der Waals surface area contributed by atoms with E-state index in [1.165, 1.54) is 0 Å².